The third-order valence-corrected chi connectivity index (χ3v) is 4.96. The van der Waals surface area contributed by atoms with Gasteiger partial charge in [0.1, 0.15) is 0 Å². The summed E-state index contributed by atoms with van der Waals surface area (Å²) in [6.45, 7) is 0.0331. The van der Waals surface area contributed by atoms with Crippen LogP contribution in [0, 0.1) is 0 Å². The van der Waals surface area contributed by atoms with Crippen molar-refractivity contribution in [2.24, 2.45) is 0 Å². The lowest BCUT2D eigenvalue weighted by molar-refractivity contribution is 0.409. The zero-order valence-corrected chi connectivity index (χ0v) is 12.2. The number of benzene rings is 1. The van der Waals surface area contributed by atoms with Crippen LogP contribution in [0.3, 0.4) is 0 Å². The van der Waals surface area contributed by atoms with E-state index in [4.69, 9.17) is 5.73 Å². The number of hydrogen-bond donors (Lipinski definition) is 2. The van der Waals surface area contributed by atoms with Crippen molar-refractivity contribution in [3.8, 4) is 0 Å². The Balaban J connectivity index is 1.76. The van der Waals surface area contributed by atoms with Crippen molar-refractivity contribution in [2.75, 3.05) is 17.2 Å². The Morgan fingerprint density at radius 3 is 2.70 bits per heavy atom. The van der Waals surface area contributed by atoms with Gasteiger partial charge in [0.25, 0.3) is 0 Å². The molecule has 3 N–H and O–H groups in total. The van der Waals surface area contributed by atoms with Gasteiger partial charge in [-0.15, -0.1) is 11.8 Å². The molecule has 0 atom stereocenters. The van der Waals surface area contributed by atoms with Crippen LogP contribution in [-0.4, -0.2) is 30.1 Å². The first-order valence-corrected chi connectivity index (χ1v) is 8.40. The largest absolute Gasteiger partial charge is 0.399 e. The van der Waals surface area contributed by atoms with Crippen molar-refractivity contribution in [1.82, 2.24) is 14.9 Å². The molecule has 2 aromatic rings. The molecular weight excluding hydrogens is 300 g/mol. The third kappa shape index (κ3) is 4.83. The highest BCUT2D eigenvalue weighted by atomic mass is 32.2. The number of aromatic nitrogens is 2. The molecule has 108 valence electrons. The van der Waals surface area contributed by atoms with Gasteiger partial charge >= 0.3 is 0 Å². The molecule has 1 heterocycles. The van der Waals surface area contributed by atoms with Crippen LogP contribution in [-0.2, 0) is 16.6 Å². The first-order valence-electron chi connectivity index (χ1n) is 5.76. The monoisotopic (exact) mass is 314 g/mol. The molecule has 0 radical (unpaired) electrons. The third-order valence-electron chi connectivity index (χ3n) is 2.36. The number of sulfonamides is 1. The molecular formula is C11H14N4O3S2. The van der Waals surface area contributed by atoms with E-state index in [9.17, 15) is 8.42 Å². The number of thioether (sulfide) groups is 1. The fraction of sp³-hybridized carbons (Fsp3) is 0.273. The molecule has 0 aliphatic heterocycles. The van der Waals surface area contributed by atoms with Crippen molar-refractivity contribution in [3.05, 3.63) is 36.5 Å². The second-order valence-corrected chi connectivity index (χ2v) is 7.00. The van der Waals surface area contributed by atoms with Crippen molar-refractivity contribution in [3.63, 3.8) is 0 Å². The van der Waals surface area contributed by atoms with Gasteiger partial charge in [-0.1, -0.05) is 5.16 Å². The first-order chi connectivity index (χ1) is 9.55. The molecule has 20 heavy (non-hydrogen) atoms. The van der Waals surface area contributed by atoms with Crippen molar-refractivity contribution < 1.29 is 12.9 Å². The smallest absolute Gasteiger partial charge is 0.213 e. The minimum Gasteiger partial charge on any atom is -0.399 e. The summed E-state index contributed by atoms with van der Waals surface area (Å²) in [5.74, 6) is 0.769. The van der Waals surface area contributed by atoms with E-state index in [1.165, 1.54) is 11.8 Å². The molecule has 0 saturated heterocycles. The molecule has 0 bridgehead atoms. The SMILES string of the molecule is Nc1ccc(SCCS(=O)(=O)NCc2ncon2)cc1. The number of nitrogens with one attached hydrogen (secondary N) is 1. The van der Waals surface area contributed by atoms with E-state index in [-0.39, 0.29) is 12.3 Å². The Bertz CT molecular complexity index is 626. The van der Waals surface area contributed by atoms with E-state index in [1.54, 1.807) is 12.1 Å². The highest BCUT2D eigenvalue weighted by Crippen LogP contribution is 2.19. The summed E-state index contributed by atoms with van der Waals surface area (Å²) in [6.07, 6.45) is 1.15. The Labute approximate surface area is 121 Å². The van der Waals surface area contributed by atoms with Gasteiger partial charge in [0.2, 0.25) is 16.4 Å². The maximum absolute atomic E-state index is 11.7. The molecule has 0 aliphatic carbocycles. The van der Waals surface area contributed by atoms with Crippen LogP contribution >= 0.6 is 11.8 Å². The van der Waals surface area contributed by atoms with Gasteiger partial charge in [0.05, 0.1) is 12.3 Å². The lowest BCUT2D eigenvalue weighted by atomic mass is 10.3. The highest BCUT2D eigenvalue weighted by Gasteiger charge is 2.11. The fourth-order valence-electron chi connectivity index (χ4n) is 1.35. The first kappa shape index (κ1) is 14.8. The van der Waals surface area contributed by atoms with Crippen LogP contribution in [0.1, 0.15) is 5.82 Å². The van der Waals surface area contributed by atoms with E-state index >= 15 is 0 Å². The summed E-state index contributed by atoms with van der Waals surface area (Å²) in [7, 11) is -3.35. The highest BCUT2D eigenvalue weighted by molar-refractivity contribution is 8.00. The van der Waals surface area contributed by atoms with Crippen molar-refractivity contribution >= 4 is 27.5 Å². The second kappa shape index (κ2) is 6.73. The minimum absolute atomic E-state index is 0.0138. The van der Waals surface area contributed by atoms with Crippen molar-refractivity contribution in [2.45, 2.75) is 11.4 Å². The zero-order chi connectivity index (χ0) is 14.4. The topological polar surface area (TPSA) is 111 Å². The van der Waals surface area contributed by atoms with Gasteiger partial charge in [0, 0.05) is 16.3 Å². The lowest BCUT2D eigenvalue weighted by Gasteiger charge is -2.05. The molecule has 0 unspecified atom stereocenters. The van der Waals surface area contributed by atoms with E-state index in [2.05, 4.69) is 19.4 Å². The normalized spacial score (nSPS) is 11.6. The molecule has 0 fully saturated rings. The summed E-state index contributed by atoms with van der Waals surface area (Å²) in [6, 6.07) is 7.29. The van der Waals surface area contributed by atoms with Crippen LogP contribution in [0.4, 0.5) is 5.69 Å². The maximum Gasteiger partial charge on any atom is 0.213 e. The summed E-state index contributed by atoms with van der Waals surface area (Å²) in [4.78, 5) is 4.71. The van der Waals surface area contributed by atoms with Gasteiger partial charge in [-0.05, 0) is 24.3 Å². The number of nitrogens with two attached hydrogens (primary N) is 1. The van der Waals surface area contributed by atoms with Gasteiger partial charge in [-0.2, -0.15) is 4.98 Å². The fourth-order valence-corrected chi connectivity index (χ4v) is 3.62. The summed E-state index contributed by atoms with van der Waals surface area (Å²) in [5.41, 5.74) is 6.26. The summed E-state index contributed by atoms with van der Waals surface area (Å²) < 4.78 is 30.4. The van der Waals surface area contributed by atoms with E-state index < -0.39 is 10.0 Å². The van der Waals surface area contributed by atoms with Gasteiger partial charge in [0.15, 0.2) is 5.82 Å². The van der Waals surface area contributed by atoms with Crippen LogP contribution in [0.2, 0.25) is 0 Å². The second-order valence-electron chi connectivity index (χ2n) is 3.90. The molecule has 0 spiro atoms. The summed E-state index contributed by atoms with van der Waals surface area (Å²) >= 11 is 1.45. The predicted octanol–water partition coefficient (Wildman–Crippen LogP) is 0.863. The number of rotatable bonds is 7. The number of anilines is 1. The number of nitrogen functional groups attached to an aromatic ring is 1. The van der Waals surface area contributed by atoms with Crippen LogP contribution in [0.5, 0.6) is 0 Å². The quantitative estimate of drug-likeness (QED) is 0.576. The molecule has 0 saturated carbocycles. The Kier molecular flexibility index (Phi) is 4.99. The molecule has 2 rings (SSSR count). The van der Waals surface area contributed by atoms with Crippen LogP contribution in [0.25, 0.3) is 0 Å². The molecule has 1 aromatic heterocycles. The average molecular weight is 314 g/mol. The van der Waals surface area contributed by atoms with Crippen LogP contribution in [0.15, 0.2) is 40.1 Å². The molecule has 7 nitrogen and oxygen atoms in total. The standard InChI is InChI=1S/C11H14N4O3S2/c12-9-1-3-10(4-2-9)19-5-6-20(16,17)14-7-11-13-8-18-15-11/h1-4,8,14H,5-7,12H2. The Hall–Kier alpha value is -1.58. The van der Waals surface area contributed by atoms with Crippen LogP contribution < -0.4 is 10.5 Å². The minimum atomic E-state index is -3.35. The van der Waals surface area contributed by atoms with Gasteiger partial charge in [-0.3, -0.25) is 0 Å². The predicted molar refractivity (Wildman–Crippen MR) is 76.5 cm³/mol. The molecule has 0 aliphatic rings. The molecule has 1 aromatic carbocycles. The van der Waals surface area contributed by atoms with E-state index in [0.717, 1.165) is 11.3 Å². The van der Waals surface area contributed by atoms with E-state index in [0.29, 0.717) is 17.3 Å². The Morgan fingerprint density at radius 2 is 2.05 bits per heavy atom. The van der Waals surface area contributed by atoms with Crippen molar-refractivity contribution in [1.29, 1.82) is 0 Å². The Morgan fingerprint density at radius 1 is 1.30 bits per heavy atom. The van der Waals surface area contributed by atoms with Gasteiger partial charge in [-0.25, -0.2) is 13.1 Å². The lowest BCUT2D eigenvalue weighted by Crippen LogP contribution is -2.27. The van der Waals surface area contributed by atoms with E-state index in [1.807, 2.05) is 12.1 Å². The average Bonchev–Trinajstić information content (AvgIpc) is 2.92. The number of hydrogen-bond acceptors (Lipinski definition) is 7. The number of nitrogens with zero attached hydrogens (tertiary/aromatic N) is 2. The summed E-state index contributed by atoms with van der Waals surface area (Å²) in [5, 5.41) is 3.53. The van der Waals surface area contributed by atoms with Gasteiger partial charge < -0.3 is 10.3 Å². The molecule has 9 heteroatoms. The maximum atomic E-state index is 11.7. The molecule has 0 amide bonds. The zero-order valence-electron chi connectivity index (χ0n) is 10.5.